The Hall–Kier alpha value is -4.20. The lowest BCUT2D eigenvalue weighted by molar-refractivity contribution is 0.313. The third kappa shape index (κ3) is 3.35. The second kappa shape index (κ2) is 7.81. The van der Waals surface area contributed by atoms with Crippen molar-refractivity contribution in [2.24, 2.45) is 7.05 Å². The number of methoxy groups -OCH3 is 1. The van der Waals surface area contributed by atoms with Crippen LogP contribution in [0.15, 0.2) is 65.7 Å². The van der Waals surface area contributed by atoms with Crippen LogP contribution in [0.3, 0.4) is 0 Å². The lowest BCUT2D eigenvalue weighted by atomic mass is 10.0. The van der Waals surface area contributed by atoms with Gasteiger partial charge in [0.25, 0.3) is 5.56 Å². The number of ether oxygens (including phenoxy) is 2. The van der Waals surface area contributed by atoms with E-state index in [1.54, 1.807) is 22.6 Å². The SMILES string of the molecule is CCOc1ncc2cc(-c3ccc4nn(C)cc4c3)c(=O)n(-c3ccc(OC)cc3)c2n1. The zero-order valence-corrected chi connectivity index (χ0v) is 17.9. The first kappa shape index (κ1) is 19.7. The van der Waals surface area contributed by atoms with E-state index in [4.69, 9.17) is 9.47 Å². The average Bonchev–Trinajstić information content (AvgIpc) is 3.18. The van der Waals surface area contributed by atoms with Gasteiger partial charge in [-0.25, -0.2) is 4.98 Å². The van der Waals surface area contributed by atoms with Gasteiger partial charge in [0.2, 0.25) is 0 Å². The summed E-state index contributed by atoms with van der Waals surface area (Å²) in [7, 11) is 3.48. The Kier molecular flexibility index (Phi) is 4.82. The van der Waals surface area contributed by atoms with E-state index < -0.39 is 0 Å². The third-order valence-electron chi connectivity index (χ3n) is 5.25. The quantitative estimate of drug-likeness (QED) is 0.425. The topological polar surface area (TPSA) is 84.1 Å². The number of hydrogen-bond donors (Lipinski definition) is 0. The molecule has 5 rings (SSSR count). The predicted molar refractivity (Wildman–Crippen MR) is 123 cm³/mol. The summed E-state index contributed by atoms with van der Waals surface area (Å²) >= 11 is 0. The normalized spacial score (nSPS) is 11.2. The van der Waals surface area contributed by atoms with E-state index in [1.165, 1.54) is 0 Å². The van der Waals surface area contributed by atoms with E-state index in [0.717, 1.165) is 21.9 Å². The molecule has 0 fully saturated rings. The summed E-state index contributed by atoms with van der Waals surface area (Å²) < 4.78 is 14.1. The Bertz CT molecular complexity index is 1500. The summed E-state index contributed by atoms with van der Waals surface area (Å²) in [5.74, 6) is 0.703. The molecule has 2 aromatic carbocycles. The maximum Gasteiger partial charge on any atom is 0.318 e. The van der Waals surface area contributed by atoms with Crippen molar-refractivity contribution in [3.63, 3.8) is 0 Å². The number of benzene rings is 2. The Morgan fingerprint density at radius 1 is 1.03 bits per heavy atom. The summed E-state index contributed by atoms with van der Waals surface area (Å²) in [5, 5.41) is 6.10. The van der Waals surface area contributed by atoms with Gasteiger partial charge in [0, 0.05) is 35.8 Å². The van der Waals surface area contributed by atoms with Gasteiger partial charge in [0.1, 0.15) is 5.75 Å². The molecule has 0 aliphatic carbocycles. The minimum absolute atomic E-state index is 0.188. The van der Waals surface area contributed by atoms with E-state index >= 15 is 0 Å². The van der Waals surface area contributed by atoms with Crippen molar-refractivity contribution in [2.75, 3.05) is 13.7 Å². The van der Waals surface area contributed by atoms with E-state index in [1.807, 2.05) is 68.7 Å². The molecule has 32 heavy (non-hydrogen) atoms. The smallest absolute Gasteiger partial charge is 0.318 e. The van der Waals surface area contributed by atoms with Gasteiger partial charge < -0.3 is 9.47 Å². The first-order chi connectivity index (χ1) is 15.6. The van der Waals surface area contributed by atoms with Crippen molar-refractivity contribution in [3.8, 4) is 28.6 Å². The lowest BCUT2D eigenvalue weighted by Gasteiger charge is -2.14. The molecule has 3 heterocycles. The number of pyridine rings is 1. The minimum Gasteiger partial charge on any atom is -0.497 e. The van der Waals surface area contributed by atoms with E-state index in [0.29, 0.717) is 29.3 Å². The molecule has 0 N–H and O–H groups in total. The summed E-state index contributed by atoms with van der Waals surface area (Å²) in [5.41, 5.74) is 3.18. The predicted octanol–water partition coefficient (Wildman–Crippen LogP) is 3.74. The van der Waals surface area contributed by atoms with Gasteiger partial charge in [-0.2, -0.15) is 10.1 Å². The Morgan fingerprint density at radius 2 is 1.84 bits per heavy atom. The molecule has 0 aliphatic rings. The number of rotatable bonds is 5. The highest BCUT2D eigenvalue weighted by Gasteiger charge is 2.16. The van der Waals surface area contributed by atoms with Crippen LogP contribution in [0.5, 0.6) is 11.8 Å². The highest BCUT2D eigenvalue weighted by molar-refractivity contribution is 5.87. The molecule has 0 radical (unpaired) electrons. The van der Waals surface area contributed by atoms with Crippen LogP contribution in [0.1, 0.15) is 6.92 Å². The first-order valence-corrected chi connectivity index (χ1v) is 10.2. The molecule has 0 amide bonds. The van der Waals surface area contributed by atoms with Crippen LogP contribution in [0.4, 0.5) is 0 Å². The molecule has 0 bridgehead atoms. The molecular formula is C24H21N5O3. The highest BCUT2D eigenvalue weighted by Crippen LogP contribution is 2.26. The van der Waals surface area contributed by atoms with Crippen molar-refractivity contribution >= 4 is 21.9 Å². The number of aromatic nitrogens is 5. The fourth-order valence-corrected chi connectivity index (χ4v) is 3.77. The zero-order chi connectivity index (χ0) is 22.2. The van der Waals surface area contributed by atoms with Gasteiger partial charge in [0.05, 0.1) is 24.9 Å². The number of aryl methyl sites for hydroxylation is 1. The second-order valence-corrected chi connectivity index (χ2v) is 7.34. The molecule has 0 saturated heterocycles. The monoisotopic (exact) mass is 427 g/mol. The molecule has 0 atom stereocenters. The van der Waals surface area contributed by atoms with Crippen molar-refractivity contribution in [1.82, 2.24) is 24.3 Å². The number of fused-ring (bicyclic) bond motifs is 2. The van der Waals surface area contributed by atoms with Gasteiger partial charge in [0.15, 0.2) is 5.65 Å². The molecule has 3 aromatic heterocycles. The van der Waals surface area contributed by atoms with Gasteiger partial charge in [-0.05, 0) is 55.0 Å². The van der Waals surface area contributed by atoms with Crippen LogP contribution in [0, 0.1) is 0 Å². The zero-order valence-electron chi connectivity index (χ0n) is 17.9. The Morgan fingerprint density at radius 3 is 2.59 bits per heavy atom. The average molecular weight is 427 g/mol. The molecule has 160 valence electrons. The maximum absolute atomic E-state index is 13.8. The third-order valence-corrected chi connectivity index (χ3v) is 5.25. The van der Waals surface area contributed by atoms with Crippen LogP contribution in [-0.2, 0) is 7.05 Å². The van der Waals surface area contributed by atoms with Crippen LogP contribution >= 0.6 is 0 Å². The van der Waals surface area contributed by atoms with E-state index in [-0.39, 0.29) is 11.6 Å². The number of hydrogen-bond acceptors (Lipinski definition) is 6. The summed E-state index contributed by atoms with van der Waals surface area (Å²) in [6, 6.07) is 15.1. The molecular weight excluding hydrogens is 406 g/mol. The summed E-state index contributed by atoms with van der Waals surface area (Å²) in [6.07, 6.45) is 3.61. The van der Waals surface area contributed by atoms with Crippen LogP contribution in [0.25, 0.3) is 38.8 Å². The second-order valence-electron chi connectivity index (χ2n) is 7.34. The fraction of sp³-hybridized carbons (Fsp3) is 0.167. The summed E-state index contributed by atoms with van der Waals surface area (Å²) in [6.45, 7) is 2.29. The van der Waals surface area contributed by atoms with Gasteiger partial charge in [-0.15, -0.1) is 0 Å². The van der Waals surface area contributed by atoms with Crippen molar-refractivity contribution < 1.29 is 9.47 Å². The highest BCUT2D eigenvalue weighted by atomic mass is 16.5. The van der Waals surface area contributed by atoms with Crippen molar-refractivity contribution in [1.29, 1.82) is 0 Å². The molecule has 8 nitrogen and oxygen atoms in total. The molecule has 0 aliphatic heterocycles. The van der Waals surface area contributed by atoms with Crippen molar-refractivity contribution in [3.05, 3.63) is 71.3 Å². The van der Waals surface area contributed by atoms with Gasteiger partial charge >= 0.3 is 6.01 Å². The summed E-state index contributed by atoms with van der Waals surface area (Å²) in [4.78, 5) is 22.6. The largest absolute Gasteiger partial charge is 0.497 e. The lowest BCUT2D eigenvalue weighted by Crippen LogP contribution is -2.21. The molecule has 0 saturated carbocycles. The van der Waals surface area contributed by atoms with Gasteiger partial charge in [-0.3, -0.25) is 14.0 Å². The molecule has 0 spiro atoms. The molecule has 0 unspecified atom stereocenters. The maximum atomic E-state index is 13.8. The van der Waals surface area contributed by atoms with E-state index in [2.05, 4.69) is 15.1 Å². The van der Waals surface area contributed by atoms with Crippen LogP contribution in [0.2, 0.25) is 0 Å². The van der Waals surface area contributed by atoms with Crippen LogP contribution < -0.4 is 15.0 Å². The molecule has 5 aromatic rings. The first-order valence-electron chi connectivity index (χ1n) is 10.2. The Balaban J connectivity index is 1.79. The van der Waals surface area contributed by atoms with Crippen LogP contribution in [-0.4, -0.2) is 38.0 Å². The van der Waals surface area contributed by atoms with Gasteiger partial charge in [-0.1, -0.05) is 6.07 Å². The van der Waals surface area contributed by atoms with Crippen molar-refractivity contribution in [2.45, 2.75) is 6.92 Å². The minimum atomic E-state index is -0.188. The standard InChI is InChI=1S/C24H21N5O3/c1-4-32-24-25-13-16-12-20(15-5-10-21-17(11-15)14-28(2)27-21)23(30)29(22(16)26-24)18-6-8-19(31-3)9-7-18/h5-14H,4H2,1-3H3. The van der Waals surface area contributed by atoms with E-state index in [9.17, 15) is 4.79 Å². The number of nitrogens with zero attached hydrogens (tertiary/aromatic N) is 5. The fourth-order valence-electron chi connectivity index (χ4n) is 3.77. The Labute approximate surface area is 183 Å². The molecule has 8 heteroatoms.